The molecule has 1 N–H and O–H groups in total. The number of halogens is 1. The Kier molecular flexibility index (Phi) is 4.61. The van der Waals surface area contributed by atoms with Crippen LogP contribution in [-0.2, 0) is 0 Å². The highest BCUT2D eigenvalue weighted by molar-refractivity contribution is 8.00. The normalized spacial score (nSPS) is 15.0. The van der Waals surface area contributed by atoms with E-state index in [1.807, 2.05) is 6.07 Å². The molecule has 0 heterocycles. The summed E-state index contributed by atoms with van der Waals surface area (Å²) < 4.78 is 13.5. The molecule has 15 heavy (non-hydrogen) atoms. The van der Waals surface area contributed by atoms with Crippen molar-refractivity contribution in [1.29, 1.82) is 0 Å². The van der Waals surface area contributed by atoms with Crippen molar-refractivity contribution in [2.24, 2.45) is 0 Å². The van der Waals surface area contributed by atoms with Crippen molar-refractivity contribution >= 4 is 11.8 Å². The third-order valence-corrected chi connectivity index (χ3v) is 3.68. The van der Waals surface area contributed by atoms with Crippen LogP contribution < -0.4 is 0 Å². The standard InChI is InChI=1S/C12H17FOS/c1-4-8(2)15-11-7-5-6-10(13)12(11)9(3)14/h5-9,14H,4H2,1-3H3/t8?,9-/m0/s1. The molecule has 0 fully saturated rings. The highest BCUT2D eigenvalue weighted by Gasteiger charge is 2.15. The summed E-state index contributed by atoms with van der Waals surface area (Å²) in [6.07, 6.45) is 0.276. The van der Waals surface area contributed by atoms with Gasteiger partial charge in [0.1, 0.15) is 5.82 Å². The number of aliphatic hydroxyl groups is 1. The highest BCUT2D eigenvalue weighted by Crippen LogP contribution is 2.33. The molecular weight excluding hydrogens is 211 g/mol. The van der Waals surface area contributed by atoms with E-state index in [0.717, 1.165) is 11.3 Å². The van der Waals surface area contributed by atoms with Crippen LogP contribution in [0.4, 0.5) is 4.39 Å². The first kappa shape index (κ1) is 12.5. The Morgan fingerprint density at radius 2 is 2.07 bits per heavy atom. The fraction of sp³-hybridized carbons (Fsp3) is 0.500. The van der Waals surface area contributed by atoms with Gasteiger partial charge in [-0.3, -0.25) is 0 Å². The molecule has 1 rings (SSSR count). The summed E-state index contributed by atoms with van der Waals surface area (Å²) in [5, 5.41) is 9.95. The first-order chi connectivity index (χ1) is 7.06. The second kappa shape index (κ2) is 5.52. The van der Waals surface area contributed by atoms with Crippen LogP contribution in [0.5, 0.6) is 0 Å². The molecule has 0 aliphatic rings. The van der Waals surface area contributed by atoms with Crippen molar-refractivity contribution in [3.63, 3.8) is 0 Å². The van der Waals surface area contributed by atoms with Gasteiger partial charge in [0.2, 0.25) is 0 Å². The lowest BCUT2D eigenvalue weighted by Gasteiger charge is -2.15. The topological polar surface area (TPSA) is 20.2 Å². The molecule has 2 atom stereocenters. The SMILES string of the molecule is CCC(C)Sc1cccc(F)c1[C@H](C)O. The monoisotopic (exact) mass is 228 g/mol. The van der Waals surface area contributed by atoms with Crippen LogP contribution in [0.25, 0.3) is 0 Å². The van der Waals surface area contributed by atoms with Crippen LogP contribution in [-0.4, -0.2) is 10.4 Å². The van der Waals surface area contributed by atoms with Crippen LogP contribution in [0, 0.1) is 5.82 Å². The fourth-order valence-electron chi connectivity index (χ4n) is 1.33. The summed E-state index contributed by atoms with van der Waals surface area (Å²) in [6.45, 7) is 5.79. The van der Waals surface area contributed by atoms with E-state index in [4.69, 9.17) is 0 Å². The maximum Gasteiger partial charge on any atom is 0.130 e. The summed E-state index contributed by atoms with van der Waals surface area (Å²) in [7, 11) is 0. The Morgan fingerprint density at radius 3 is 2.60 bits per heavy atom. The Labute approximate surface area is 94.7 Å². The zero-order valence-corrected chi connectivity index (χ0v) is 10.1. The largest absolute Gasteiger partial charge is 0.389 e. The van der Waals surface area contributed by atoms with E-state index in [0.29, 0.717) is 10.8 Å². The van der Waals surface area contributed by atoms with Gasteiger partial charge in [-0.05, 0) is 25.5 Å². The fourth-order valence-corrected chi connectivity index (χ4v) is 2.48. The molecule has 0 bridgehead atoms. The molecule has 0 aromatic heterocycles. The van der Waals surface area contributed by atoms with Gasteiger partial charge < -0.3 is 5.11 Å². The minimum absolute atomic E-state index is 0.321. The molecule has 0 spiro atoms. The minimum Gasteiger partial charge on any atom is -0.389 e. The molecule has 1 aromatic carbocycles. The van der Waals surface area contributed by atoms with Crippen LogP contribution in [0.1, 0.15) is 38.9 Å². The lowest BCUT2D eigenvalue weighted by Crippen LogP contribution is -2.01. The van der Waals surface area contributed by atoms with Crippen molar-refractivity contribution in [3.05, 3.63) is 29.6 Å². The summed E-state index contributed by atoms with van der Waals surface area (Å²) >= 11 is 1.61. The number of hydrogen-bond donors (Lipinski definition) is 1. The molecule has 0 aliphatic carbocycles. The third kappa shape index (κ3) is 3.21. The van der Waals surface area contributed by atoms with E-state index < -0.39 is 6.10 Å². The maximum absolute atomic E-state index is 13.5. The van der Waals surface area contributed by atoms with Gasteiger partial charge in [-0.1, -0.05) is 19.9 Å². The second-order valence-electron chi connectivity index (χ2n) is 3.66. The van der Waals surface area contributed by atoms with Gasteiger partial charge in [-0.25, -0.2) is 4.39 Å². The zero-order valence-electron chi connectivity index (χ0n) is 9.33. The molecule has 0 amide bonds. The first-order valence-corrected chi connectivity index (χ1v) is 6.07. The Hall–Kier alpha value is -0.540. The molecule has 1 unspecified atom stereocenters. The number of aliphatic hydroxyl groups excluding tert-OH is 1. The number of benzene rings is 1. The van der Waals surface area contributed by atoms with Gasteiger partial charge in [-0.15, -0.1) is 11.8 Å². The average molecular weight is 228 g/mol. The van der Waals surface area contributed by atoms with E-state index in [-0.39, 0.29) is 5.82 Å². The van der Waals surface area contributed by atoms with Gasteiger partial charge in [0, 0.05) is 15.7 Å². The van der Waals surface area contributed by atoms with Gasteiger partial charge in [0.15, 0.2) is 0 Å². The Morgan fingerprint density at radius 1 is 1.40 bits per heavy atom. The van der Waals surface area contributed by atoms with Crippen molar-refractivity contribution in [1.82, 2.24) is 0 Å². The van der Waals surface area contributed by atoms with Crippen LogP contribution in [0.3, 0.4) is 0 Å². The van der Waals surface area contributed by atoms with E-state index in [1.165, 1.54) is 6.07 Å². The van der Waals surface area contributed by atoms with Crippen LogP contribution in [0.2, 0.25) is 0 Å². The Balaban J connectivity index is 3.00. The van der Waals surface area contributed by atoms with Crippen LogP contribution >= 0.6 is 11.8 Å². The molecule has 84 valence electrons. The quantitative estimate of drug-likeness (QED) is 0.792. The third-order valence-electron chi connectivity index (χ3n) is 2.33. The summed E-state index contributed by atoms with van der Waals surface area (Å²) in [5.41, 5.74) is 0.419. The molecule has 0 saturated heterocycles. The van der Waals surface area contributed by atoms with Gasteiger partial charge in [-0.2, -0.15) is 0 Å². The van der Waals surface area contributed by atoms with Crippen molar-refractivity contribution in [2.45, 2.75) is 43.4 Å². The zero-order chi connectivity index (χ0) is 11.4. The highest BCUT2D eigenvalue weighted by atomic mass is 32.2. The first-order valence-electron chi connectivity index (χ1n) is 5.19. The molecule has 1 nitrogen and oxygen atoms in total. The minimum atomic E-state index is -0.752. The predicted molar refractivity (Wildman–Crippen MR) is 62.6 cm³/mol. The molecular formula is C12H17FOS. The van der Waals surface area contributed by atoms with Gasteiger partial charge >= 0.3 is 0 Å². The van der Waals surface area contributed by atoms with Crippen LogP contribution in [0.15, 0.2) is 23.1 Å². The van der Waals surface area contributed by atoms with E-state index in [1.54, 1.807) is 24.8 Å². The summed E-state index contributed by atoms with van der Waals surface area (Å²) in [5.74, 6) is -0.321. The maximum atomic E-state index is 13.5. The lowest BCUT2D eigenvalue weighted by atomic mass is 10.1. The Bertz CT molecular complexity index is 325. The van der Waals surface area contributed by atoms with E-state index >= 15 is 0 Å². The predicted octanol–water partition coefficient (Wildman–Crippen LogP) is 3.77. The second-order valence-corrected chi connectivity index (χ2v) is 5.14. The smallest absolute Gasteiger partial charge is 0.130 e. The molecule has 1 aromatic rings. The van der Waals surface area contributed by atoms with Gasteiger partial charge in [0.05, 0.1) is 6.10 Å². The molecule has 3 heteroatoms. The van der Waals surface area contributed by atoms with E-state index in [9.17, 15) is 9.50 Å². The number of rotatable bonds is 4. The lowest BCUT2D eigenvalue weighted by molar-refractivity contribution is 0.191. The average Bonchev–Trinajstić information content (AvgIpc) is 2.17. The summed E-state index contributed by atoms with van der Waals surface area (Å²) in [6, 6.07) is 4.94. The molecule has 0 aliphatic heterocycles. The van der Waals surface area contributed by atoms with Gasteiger partial charge in [0.25, 0.3) is 0 Å². The number of hydrogen-bond acceptors (Lipinski definition) is 2. The van der Waals surface area contributed by atoms with Crippen molar-refractivity contribution < 1.29 is 9.50 Å². The summed E-state index contributed by atoms with van der Waals surface area (Å²) in [4.78, 5) is 0.847. The van der Waals surface area contributed by atoms with Crippen molar-refractivity contribution in [3.8, 4) is 0 Å². The molecule has 0 radical (unpaired) electrons. The molecule has 0 saturated carbocycles. The number of thioether (sulfide) groups is 1. The van der Waals surface area contributed by atoms with E-state index in [2.05, 4.69) is 13.8 Å². The van der Waals surface area contributed by atoms with Crippen molar-refractivity contribution in [2.75, 3.05) is 0 Å².